The molecule has 0 bridgehead atoms. The molecule has 1 amide bonds. The standard InChI is InChI=1S/C15H19ClFNO2S/c1-3-5-14(19)18-13-7-10(11(16)9-12(13)17)8-15(21)20-6-4-2/h7,9H,3-6,8H2,1-2H3,(H,18,19). The number of carbonyl (C=O) groups is 1. The van der Waals surface area contributed by atoms with Gasteiger partial charge in [-0.1, -0.05) is 25.4 Å². The van der Waals surface area contributed by atoms with Crippen molar-refractivity contribution in [1.82, 2.24) is 0 Å². The molecule has 0 atom stereocenters. The van der Waals surface area contributed by atoms with Crippen molar-refractivity contribution in [1.29, 1.82) is 0 Å². The summed E-state index contributed by atoms with van der Waals surface area (Å²) in [6, 6.07) is 2.69. The third kappa shape index (κ3) is 5.98. The largest absolute Gasteiger partial charge is 0.487 e. The lowest BCUT2D eigenvalue weighted by atomic mass is 10.1. The molecule has 6 heteroatoms. The van der Waals surface area contributed by atoms with E-state index in [1.807, 2.05) is 13.8 Å². The quantitative estimate of drug-likeness (QED) is 0.747. The van der Waals surface area contributed by atoms with Crippen LogP contribution in [0.5, 0.6) is 0 Å². The van der Waals surface area contributed by atoms with Crippen molar-refractivity contribution in [3.63, 3.8) is 0 Å². The minimum atomic E-state index is -0.561. The lowest BCUT2D eigenvalue weighted by Crippen LogP contribution is -2.13. The number of amides is 1. The van der Waals surface area contributed by atoms with Crippen molar-refractivity contribution in [3.05, 3.63) is 28.5 Å². The minimum Gasteiger partial charge on any atom is -0.487 e. The first-order valence-electron chi connectivity index (χ1n) is 6.91. The van der Waals surface area contributed by atoms with Gasteiger partial charge in [-0.25, -0.2) is 4.39 Å². The molecule has 0 saturated carbocycles. The minimum absolute atomic E-state index is 0.117. The van der Waals surface area contributed by atoms with Crippen LogP contribution in [0.1, 0.15) is 38.7 Å². The summed E-state index contributed by atoms with van der Waals surface area (Å²) in [5, 5.41) is 3.20. The molecule has 0 fully saturated rings. The molecule has 21 heavy (non-hydrogen) atoms. The summed E-state index contributed by atoms with van der Waals surface area (Å²) < 4.78 is 19.1. The maximum absolute atomic E-state index is 13.8. The predicted octanol–water partition coefficient (Wildman–Crippen LogP) is 4.51. The van der Waals surface area contributed by atoms with E-state index in [4.69, 9.17) is 28.6 Å². The zero-order valence-electron chi connectivity index (χ0n) is 12.2. The van der Waals surface area contributed by atoms with Crippen LogP contribution in [0.3, 0.4) is 0 Å². The Morgan fingerprint density at radius 2 is 2.10 bits per heavy atom. The fraction of sp³-hybridized carbons (Fsp3) is 0.467. The van der Waals surface area contributed by atoms with Crippen LogP contribution in [0.15, 0.2) is 12.1 Å². The Morgan fingerprint density at radius 1 is 1.38 bits per heavy atom. The highest BCUT2D eigenvalue weighted by molar-refractivity contribution is 7.80. The predicted molar refractivity (Wildman–Crippen MR) is 87.5 cm³/mol. The molecule has 116 valence electrons. The van der Waals surface area contributed by atoms with E-state index in [0.717, 1.165) is 6.42 Å². The van der Waals surface area contributed by atoms with Gasteiger partial charge in [0.1, 0.15) is 5.82 Å². The number of anilines is 1. The fourth-order valence-electron chi connectivity index (χ4n) is 1.69. The highest BCUT2D eigenvalue weighted by atomic mass is 35.5. The molecule has 0 heterocycles. The fourth-order valence-corrected chi connectivity index (χ4v) is 2.14. The van der Waals surface area contributed by atoms with E-state index in [1.165, 1.54) is 12.1 Å². The summed E-state index contributed by atoms with van der Waals surface area (Å²) in [5.74, 6) is -0.789. The summed E-state index contributed by atoms with van der Waals surface area (Å²) in [6.45, 7) is 4.40. The second-order valence-corrected chi connectivity index (χ2v) is 5.48. The van der Waals surface area contributed by atoms with Crippen LogP contribution in [-0.2, 0) is 16.0 Å². The van der Waals surface area contributed by atoms with E-state index in [0.29, 0.717) is 36.5 Å². The third-order valence-corrected chi connectivity index (χ3v) is 3.30. The number of hydrogen-bond acceptors (Lipinski definition) is 3. The molecule has 0 aliphatic rings. The monoisotopic (exact) mass is 331 g/mol. The number of carbonyl (C=O) groups excluding carboxylic acids is 1. The molecule has 1 aromatic carbocycles. The molecule has 0 aliphatic carbocycles. The molecule has 0 aromatic heterocycles. The van der Waals surface area contributed by atoms with Gasteiger partial charge in [-0.2, -0.15) is 0 Å². The number of rotatable bonds is 7. The average Bonchev–Trinajstić information content (AvgIpc) is 2.42. The topological polar surface area (TPSA) is 38.3 Å². The Kier molecular flexibility index (Phi) is 7.61. The molecule has 1 aromatic rings. The van der Waals surface area contributed by atoms with E-state index in [9.17, 15) is 9.18 Å². The van der Waals surface area contributed by atoms with Gasteiger partial charge in [-0.3, -0.25) is 4.79 Å². The van der Waals surface area contributed by atoms with Crippen molar-refractivity contribution < 1.29 is 13.9 Å². The second-order valence-electron chi connectivity index (χ2n) is 4.62. The van der Waals surface area contributed by atoms with Crippen LogP contribution in [0, 0.1) is 5.82 Å². The van der Waals surface area contributed by atoms with Crippen LogP contribution in [0.2, 0.25) is 5.02 Å². The van der Waals surface area contributed by atoms with E-state index >= 15 is 0 Å². The van der Waals surface area contributed by atoms with Gasteiger partial charge in [0.15, 0.2) is 5.05 Å². The van der Waals surface area contributed by atoms with Crippen LogP contribution < -0.4 is 5.32 Å². The molecular formula is C15H19ClFNO2S. The van der Waals surface area contributed by atoms with Gasteiger partial charge in [0.05, 0.1) is 12.3 Å². The third-order valence-electron chi connectivity index (χ3n) is 2.69. The summed E-state index contributed by atoms with van der Waals surface area (Å²) in [7, 11) is 0. The maximum Gasteiger partial charge on any atom is 0.224 e. The number of halogens is 2. The smallest absolute Gasteiger partial charge is 0.224 e. The SMILES string of the molecule is CCCOC(=S)Cc1cc(NC(=O)CCC)c(F)cc1Cl. The molecule has 0 radical (unpaired) electrons. The summed E-state index contributed by atoms with van der Waals surface area (Å²) in [4.78, 5) is 11.6. The van der Waals surface area contributed by atoms with Crippen LogP contribution in [-0.4, -0.2) is 17.6 Å². The molecule has 0 unspecified atom stereocenters. The van der Waals surface area contributed by atoms with E-state index in [2.05, 4.69) is 5.32 Å². The number of hydrogen-bond donors (Lipinski definition) is 1. The molecular weight excluding hydrogens is 313 g/mol. The van der Waals surface area contributed by atoms with Gasteiger partial charge in [-0.05, 0) is 42.8 Å². The highest BCUT2D eigenvalue weighted by Gasteiger charge is 2.13. The van der Waals surface area contributed by atoms with Crippen LogP contribution in [0.25, 0.3) is 0 Å². The molecule has 1 N–H and O–H groups in total. The van der Waals surface area contributed by atoms with E-state index in [-0.39, 0.29) is 16.6 Å². The first-order valence-corrected chi connectivity index (χ1v) is 7.69. The van der Waals surface area contributed by atoms with Gasteiger partial charge in [0.2, 0.25) is 5.91 Å². The van der Waals surface area contributed by atoms with Crippen molar-refractivity contribution >= 4 is 40.5 Å². The molecule has 3 nitrogen and oxygen atoms in total. The van der Waals surface area contributed by atoms with Crippen molar-refractivity contribution in [3.8, 4) is 0 Å². The average molecular weight is 332 g/mol. The number of benzene rings is 1. The lowest BCUT2D eigenvalue weighted by molar-refractivity contribution is -0.116. The number of ether oxygens (including phenoxy) is 1. The van der Waals surface area contributed by atoms with Crippen molar-refractivity contribution in [2.75, 3.05) is 11.9 Å². The van der Waals surface area contributed by atoms with Gasteiger partial charge < -0.3 is 10.1 Å². The van der Waals surface area contributed by atoms with Gasteiger partial charge in [0, 0.05) is 17.9 Å². The number of nitrogens with one attached hydrogen (secondary N) is 1. The second kappa shape index (κ2) is 8.95. The zero-order valence-corrected chi connectivity index (χ0v) is 13.7. The Balaban J connectivity index is 2.85. The van der Waals surface area contributed by atoms with Gasteiger partial charge in [0.25, 0.3) is 0 Å². The normalized spacial score (nSPS) is 10.3. The highest BCUT2D eigenvalue weighted by Crippen LogP contribution is 2.25. The Bertz CT molecular complexity index is 523. The summed E-state index contributed by atoms with van der Waals surface area (Å²) >= 11 is 11.1. The van der Waals surface area contributed by atoms with Gasteiger partial charge >= 0.3 is 0 Å². The Hall–Kier alpha value is -1.20. The first-order chi connectivity index (χ1) is 9.97. The first kappa shape index (κ1) is 17.9. The Labute approximate surface area is 134 Å². The van der Waals surface area contributed by atoms with Crippen molar-refractivity contribution in [2.24, 2.45) is 0 Å². The van der Waals surface area contributed by atoms with Crippen LogP contribution in [0.4, 0.5) is 10.1 Å². The van der Waals surface area contributed by atoms with E-state index < -0.39 is 5.82 Å². The van der Waals surface area contributed by atoms with Crippen molar-refractivity contribution in [2.45, 2.75) is 39.5 Å². The molecule has 0 aliphatic heterocycles. The Morgan fingerprint density at radius 3 is 2.71 bits per heavy atom. The molecule has 0 saturated heterocycles. The number of thiocarbonyl (C=S) groups is 1. The zero-order chi connectivity index (χ0) is 15.8. The lowest BCUT2D eigenvalue weighted by Gasteiger charge is -2.11. The summed E-state index contributed by atoms with van der Waals surface area (Å²) in [5.41, 5.74) is 0.747. The van der Waals surface area contributed by atoms with Gasteiger partial charge in [-0.15, -0.1) is 0 Å². The molecule has 0 spiro atoms. The maximum atomic E-state index is 13.8. The van der Waals surface area contributed by atoms with Crippen LogP contribution >= 0.6 is 23.8 Å². The molecule has 1 rings (SSSR count). The summed E-state index contributed by atoms with van der Waals surface area (Å²) in [6.07, 6.45) is 2.21. The van der Waals surface area contributed by atoms with E-state index in [1.54, 1.807) is 0 Å².